The summed E-state index contributed by atoms with van der Waals surface area (Å²) in [6.07, 6.45) is 3.58. The molecule has 1 aliphatic carbocycles. The van der Waals surface area contributed by atoms with Crippen molar-refractivity contribution in [3.63, 3.8) is 0 Å². The van der Waals surface area contributed by atoms with Gasteiger partial charge in [0.2, 0.25) is 10.0 Å². The molecule has 2 saturated heterocycles. The average molecular weight is 458 g/mol. The number of nitrogens with zero attached hydrogens (tertiary/aromatic N) is 2. The summed E-state index contributed by atoms with van der Waals surface area (Å²) in [5, 5.41) is -0.292. The predicted molar refractivity (Wildman–Crippen MR) is 121 cm³/mol. The Morgan fingerprint density at radius 2 is 1.72 bits per heavy atom. The Morgan fingerprint density at radius 3 is 2.38 bits per heavy atom. The highest BCUT2D eigenvalue weighted by Gasteiger charge is 2.44. The molecule has 2 aromatic rings. The van der Waals surface area contributed by atoms with E-state index in [-0.39, 0.29) is 29.2 Å². The van der Waals surface area contributed by atoms with Crippen molar-refractivity contribution in [2.75, 3.05) is 19.6 Å². The summed E-state index contributed by atoms with van der Waals surface area (Å²) in [4.78, 5) is 16.7. The van der Waals surface area contributed by atoms with Crippen LogP contribution in [0.15, 0.2) is 48.5 Å². The first-order chi connectivity index (χ1) is 15.4. The van der Waals surface area contributed by atoms with E-state index in [0.717, 1.165) is 36.2 Å². The number of hydrogen-bond donors (Lipinski definition) is 1. The Labute approximate surface area is 188 Å². The zero-order chi connectivity index (χ0) is 22.3. The van der Waals surface area contributed by atoms with Crippen LogP contribution >= 0.6 is 0 Å². The molecule has 2 atom stereocenters. The monoisotopic (exact) mass is 457 g/mol. The van der Waals surface area contributed by atoms with Gasteiger partial charge in [-0.3, -0.25) is 0 Å². The Bertz CT molecular complexity index is 1110. The lowest BCUT2D eigenvalue weighted by atomic mass is 9.97. The lowest BCUT2D eigenvalue weighted by Crippen LogP contribution is -2.54. The van der Waals surface area contributed by atoms with Crippen LogP contribution in [0.2, 0.25) is 0 Å². The van der Waals surface area contributed by atoms with Crippen LogP contribution in [0, 0.1) is 5.82 Å². The number of hydrogen-bond acceptors (Lipinski definition) is 3. The van der Waals surface area contributed by atoms with Gasteiger partial charge < -0.3 is 9.80 Å². The van der Waals surface area contributed by atoms with Crippen molar-refractivity contribution in [1.29, 1.82) is 0 Å². The fourth-order valence-electron chi connectivity index (χ4n) is 4.64. The van der Waals surface area contributed by atoms with Gasteiger partial charge in [-0.2, -0.15) is 0 Å². The molecular formula is C24H28FN3O3S. The van der Waals surface area contributed by atoms with Crippen LogP contribution in [0.5, 0.6) is 0 Å². The SMILES string of the molecule is O=C(N1CCC1)N1CC[C@H](NS(=O)(=O)C2CC2)[C@@H]1Cc1cccc(-c2cccc(F)c2)c1. The van der Waals surface area contributed by atoms with Gasteiger partial charge in [-0.1, -0.05) is 36.4 Å². The second-order valence-corrected chi connectivity index (χ2v) is 11.0. The van der Waals surface area contributed by atoms with Crippen molar-refractivity contribution in [2.24, 2.45) is 0 Å². The van der Waals surface area contributed by atoms with Crippen LogP contribution in [0.1, 0.15) is 31.2 Å². The summed E-state index contributed by atoms with van der Waals surface area (Å²) in [5.41, 5.74) is 2.68. The first-order valence-electron chi connectivity index (χ1n) is 11.3. The van der Waals surface area contributed by atoms with Crippen LogP contribution in [0.3, 0.4) is 0 Å². The number of urea groups is 1. The highest BCUT2D eigenvalue weighted by atomic mass is 32.2. The Balaban J connectivity index is 1.40. The van der Waals surface area contributed by atoms with Gasteiger partial charge >= 0.3 is 6.03 Å². The largest absolute Gasteiger partial charge is 0.325 e. The third kappa shape index (κ3) is 4.38. The van der Waals surface area contributed by atoms with Gasteiger partial charge in [-0.15, -0.1) is 0 Å². The first kappa shape index (κ1) is 21.4. The number of rotatable bonds is 6. The van der Waals surface area contributed by atoms with Gasteiger partial charge in [0, 0.05) is 25.7 Å². The van der Waals surface area contributed by atoms with E-state index in [9.17, 15) is 17.6 Å². The molecule has 1 N–H and O–H groups in total. The molecule has 170 valence electrons. The molecule has 0 unspecified atom stereocenters. The molecule has 8 heteroatoms. The van der Waals surface area contributed by atoms with E-state index in [1.807, 2.05) is 40.1 Å². The molecule has 2 heterocycles. The number of sulfonamides is 1. The van der Waals surface area contributed by atoms with Crippen LogP contribution < -0.4 is 4.72 Å². The summed E-state index contributed by atoms with van der Waals surface area (Å²) in [5.74, 6) is -0.287. The molecule has 0 spiro atoms. The van der Waals surface area contributed by atoms with E-state index in [0.29, 0.717) is 32.2 Å². The Kier molecular flexibility index (Phi) is 5.67. The molecular weight excluding hydrogens is 429 g/mol. The predicted octanol–water partition coefficient (Wildman–Crippen LogP) is 3.39. The zero-order valence-corrected chi connectivity index (χ0v) is 18.7. The van der Waals surface area contributed by atoms with E-state index in [1.165, 1.54) is 12.1 Å². The van der Waals surface area contributed by atoms with Crippen molar-refractivity contribution >= 4 is 16.1 Å². The highest BCUT2D eigenvalue weighted by molar-refractivity contribution is 7.90. The molecule has 2 amide bonds. The molecule has 6 nitrogen and oxygen atoms in total. The average Bonchev–Trinajstić information content (AvgIpc) is 3.52. The maximum absolute atomic E-state index is 13.7. The van der Waals surface area contributed by atoms with Crippen LogP contribution in [-0.4, -0.2) is 61.2 Å². The fourth-order valence-corrected chi connectivity index (χ4v) is 6.29. The van der Waals surface area contributed by atoms with E-state index >= 15 is 0 Å². The number of carbonyl (C=O) groups is 1. The minimum absolute atomic E-state index is 0.00402. The molecule has 3 fully saturated rings. The normalized spacial score (nSPS) is 23.3. The molecule has 3 aliphatic rings. The van der Waals surface area contributed by atoms with Gasteiger partial charge in [0.15, 0.2) is 0 Å². The van der Waals surface area contributed by atoms with Crippen LogP contribution in [0.4, 0.5) is 9.18 Å². The van der Waals surface area contributed by atoms with Gasteiger partial charge in [0.25, 0.3) is 0 Å². The molecule has 0 radical (unpaired) electrons. The zero-order valence-electron chi connectivity index (χ0n) is 17.9. The van der Waals surface area contributed by atoms with Crippen molar-refractivity contribution < 1.29 is 17.6 Å². The number of halogens is 1. The first-order valence-corrected chi connectivity index (χ1v) is 12.9. The lowest BCUT2D eigenvalue weighted by Gasteiger charge is -2.38. The van der Waals surface area contributed by atoms with Crippen molar-refractivity contribution in [1.82, 2.24) is 14.5 Å². The molecule has 5 rings (SSSR count). The standard InChI is InChI=1S/C24H28FN3O3S/c25-20-7-2-6-19(16-20)18-5-1-4-17(14-18)15-23-22(26-32(30,31)21-8-9-21)10-13-28(23)24(29)27-11-3-12-27/h1-2,4-7,14,16,21-23,26H,3,8-13,15H2/t22-,23-/m0/s1. The Hall–Kier alpha value is -2.45. The summed E-state index contributed by atoms with van der Waals surface area (Å²) in [7, 11) is -3.36. The maximum Gasteiger partial charge on any atom is 0.320 e. The summed E-state index contributed by atoms with van der Waals surface area (Å²) < 4.78 is 41.9. The van der Waals surface area contributed by atoms with Gasteiger partial charge in [0.1, 0.15) is 5.82 Å². The molecule has 0 bridgehead atoms. The van der Waals surface area contributed by atoms with E-state index in [1.54, 1.807) is 6.07 Å². The minimum Gasteiger partial charge on any atom is -0.325 e. The summed E-state index contributed by atoms with van der Waals surface area (Å²) >= 11 is 0. The highest BCUT2D eigenvalue weighted by Crippen LogP contribution is 2.31. The van der Waals surface area contributed by atoms with Crippen molar-refractivity contribution in [3.8, 4) is 11.1 Å². The fraction of sp³-hybridized carbons (Fsp3) is 0.458. The Morgan fingerprint density at radius 1 is 1.00 bits per heavy atom. The van der Waals surface area contributed by atoms with Gasteiger partial charge in [-0.25, -0.2) is 22.3 Å². The maximum atomic E-state index is 13.7. The molecule has 1 saturated carbocycles. The number of amides is 2. The van der Waals surface area contributed by atoms with E-state index in [2.05, 4.69) is 4.72 Å². The number of likely N-dealkylation sites (tertiary alicyclic amines) is 2. The second kappa shape index (κ2) is 8.48. The topological polar surface area (TPSA) is 69.7 Å². The van der Waals surface area contributed by atoms with Crippen molar-refractivity contribution in [3.05, 3.63) is 59.9 Å². The molecule has 32 heavy (non-hydrogen) atoms. The third-order valence-electron chi connectivity index (χ3n) is 6.73. The number of nitrogens with one attached hydrogen (secondary N) is 1. The van der Waals surface area contributed by atoms with Crippen molar-refractivity contribution in [2.45, 2.75) is 49.4 Å². The third-order valence-corrected chi connectivity index (χ3v) is 8.71. The van der Waals surface area contributed by atoms with Crippen LogP contribution in [-0.2, 0) is 16.4 Å². The van der Waals surface area contributed by atoms with Gasteiger partial charge in [-0.05, 0) is 60.9 Å². The van der Waals surface area contributed by atoms with E-state index in [4.69, 9.17) is 0 Å². The quantitative estimate of drug-likeness (QED) is 0.723. The number of benzene rings is 2. The molecule has 2 aliphatic heterocycles. The minimum atomic E-state index is -3.36. The molecule has 0 aromatic heterocycles. The lowest BCUT2D eigenvalue weighted by molar-refractivity contribution is 0.120. The van der Waals surface area contributed by atoms with E-state index < -0.39 is 10.0 Å². The van der Waals surface area contributed by atoms with Crippen LogP contribution in [0.25, 0.3) is 11.1 Å². The van der Waals surface area contributed by atoms with Gasteiger partial charge in [0.05, 0.1) is 11.3 Å². The number of carbonyl (C=O) groups excluding carboxylic acids is 1. The summed E-state index contributed by atoms with van der Waals surface area (Å²) in [6.45, 7) is 2.06. The second-order valence-electron chi connectivity index (χ2n) is 9.06. The smallest absolute Gasteiger partial charge is 0.320 e. The summed E-state index contributed by atoms with van der Waals surface area (Å²) in [6, 6.07) is 13.8. The molecule has 2 aromatic carbocycles.